The number of benzene rings is 1. The summed E-state index contributed by atoms with van der Waals surface area (Å²) in [5.41, 5.74) is 1.02. The lowest BCUT2D eigenvalue weighted by Gasteiger charge is -2.24. The van der Waals surface area contributed by atoms with Crippen molar-refractivity contribution in [1.29, 1.82) is 0 Å². The number of anilines is 1. The van der Waals surface area contributed by atoms with E-state index in [2.05, 4.69) is 26.6 Å². The van der Waals surface area contributed by atoms with E-state index in [0.29, 0.717) is 10.5 Å². The maximum absolute atomic E-state index is 10.7. The maximum Gasteiger partial charge on any atom is 0.283 e. The van der Waals surface area contributed by atoms with Gasteiger partial charge < -0.3 is 10.6 Å². The Morgan fingerprint density at radius 2 is 2.12 bits per heavy atom. The second-order valence-corrected chi connectivity index (χ2v) is 4.95. The Morgan fingerprint density at radius 3 is 2.71 bits per heavy atom. The molecule has 0 atom stereocenters. The second kappa shape index (κ2) is 5.46. The molecule has 5 nitrogen and oxygen atoms in total. The Balaban J connectivity index is 2.06. The molecule has 0 unspecified atom stereocenters. The highest BCUT2D eigenvalue weighted by atomic mass is 79.9. The molecular weight excluding hydrogens is 286 g/mol. The first kappa shape index (κ1) is 12.3. The summed E-state index contributed by atoms with van der Waals surface area (Å²) in [5.74, 6) is 0. The lowest BCUT2D eigenvalue weighted by Crippen LogP contribution is -2.35. The third-order valence-electron chi connectivity index (χ3n) is 2.85. The molecule has 2 rings (SSSR count). The van der Waals surface area contributed by atoms with Crippen molar-refractivity contribution in [3.8, 4) is 0 Å². The molecule has 1 aliphatic heterocycles. The predicted molar refractivity (Wildman–Crippen MR) is 70.3 cm³/mol. The third kappa shape index (κ3) is 3.17. The molecule has 1 aliphatic rings. The second-order valence-electron chi connectivity index (χ2n) is 4.09. The van der Waals surface area contributed by atoms with Gasteiger partial charge in [-0.15, -0.1) is 0 Å². The van der Waals surface area contributed by atoms with Crippen molar-refractivity contribution >= 4 is 27.3 Å². The molecule has 1 saturated heterocycles. The van der Waals surface area contributed by atoms with Gasteiger partial charge in [0.2, 0.25) is 0 Å². The van der Waals surface area contributed by atoms with Gasteiger partial charge in [-0.3, -0.25) is 10.1 Å². The van der Waals surface area contributed by atoms with Gasteiger partial charge in [0.1, 0.15) is 0 Å². The smallest absolute Gasteiger partial charge is 0.283 e. The molecule has 0 spiro atoms. The van der Waals surface area contributed by atoms with Crippen LogP contribution in [-0.2, 0) is 0 Å². The van der Waals surface area contributed by atoms with Crippen LogP contribution >= 0.6 is 15.9 Å². The van der Waals surface area contributed by atoms with Crippen LogP contribution in [0.3, 0.4) is 0 Å². The summed E-state index contributed by atoms with van der Waals surface area (Å²) in [6, 6.07) is 5.49. The molecule has 1 aromatic rings. The summed E-state index contributed by atoms with van der Waals surface area (Å²) in [7, 11) is 0. The summed E-state index contributed by atoms with van der Waals surface area (Å²) in [6.45, 7) is 2.04. The Hall–Kier alpha value is -1.14. The van der Waals surface area contributed by atoms with Crippen LogP contribution < -0.4 is 10.6 Å². The van der Waals surface area contributed by atoms with Gasteiger partial charge in [0, 0.05) is 17.8 Å². The minimum Gasteiger partial charge on any atom is -0.382 e. The van der Waals surface area contributed by atoms with Crippen LogP contribution in [0.1, 0.15) is 12.8 Å². The number of hydrogen-bond acceptors (Lipinski definition) is 4. The van der Waals surface area contributed by atoms with Crippen molar-refractivity contribution in [2.75, 3.05) is 18.4 Å². The maximum atomic E-state index is 10.7. The van der Waals surface area contributed by atoms with E-state index in [-0.39, 0.29) is 5.69 Å². The first-order chi connectivity index (χ1) is 8.16. The number of rotatable bonds is 3. The SMILES string of the molecule is O=[N+]([O-])c1ccc(NC2CCNCC2)cc1Br. The van der Waals surface area contributed by atoms with E-state index in [1.54, 1.807) is 12.1 Å². The van der Waals surface area contributed by atoms with Crippen LogP contribution in [0, 0.1) is 10.1 Å². The van der Waals surface area contributed by atoms with Crippen molar-refractivity contribution in [3.63, 3.8) is 0 Å². The molecule has 92 valence electrons. The molecule has 17 heavy (non-hydrogen) atoms. The molecular formula is C11H14BrN3O2. The number of hydrogen-bond donors (Lipinski definition) is 2. The number of nitro benzene ring substituents is 1. The van der Waals surface area contributed by atoms with E-state index in [4.69, 9.17) is 0 Å². The zero-order valence-corrected chi connectivity index (χ0v) is 10.9. The highest BCUT2D eigenvalue weighted by Gasteiger charge is 2.15. The average Bonchev–Trinajstić information content (AvgIpc) is 2.30. The zero-order chi connectivity index (χ0) is 12.3. The summed E-state index contributed by atoms with van der Waals surface area (Å²) in [4.78, 5) is 10.3. The monoisotopic (exact) mass is 299 g/mol. The van der Waals surface area contributed by atoms with E-state index in [1.807, 2.05) is 0 Å². The van der Waals surface area contributed by atoms with Gasteiger partial charge in [-0.05, 0) is 54.0 Å². The molecule has 0 radical (unpaired) electrons. The van der Waals surface area contributed by atoms with Crippen molar-refractivity contribution in [3.05, 3.63) is 32.8 Å². The number of nitro groups is 1. The normalized spacial score (nSPS) is 16.8. The standard InChI is InChI=1S/C11H14BrN3O2/c12-10-7-9(1-2-11(10)15(16)17)14-8-3-5-13-6-4-8/h1-2,7-8,13-14H,3-6H2. The molecule has 1 aromatic carbocycles. The molecule has 2 N–H and O–H groups in total. The van der Waals surface area contributed by atoms with Gasteiger partial charge in [-0.1, -0.05) is 0 Å². The third-order valence-corrected chi connectivity index (χ3v) is 3.49. The highest BCUT2D eigenvalue weighted by Crippen LogP contribution is 2.28. The van der Waals surface area contributed by atoms with E-state index < -0.39 is 4.92 Å². The molecule has 0 saturated carbocycles. The lowest BCUT2D eigenvalue weighted by molar-refractivity contribution is -0.385. The van der Waals surface area contributed by atoms with E-state index >= 15 is 0 Å². The largest absolute Gasteiger partial charge is 0.382 e. The van der Waals surface area contributed by atoms with Gasteiger partial charge >= 0.3 is 0 Å². The molecule has 0 aliphatic carbocycles. The van der Waals surface area contributed by atoms with Gasteiger partial charge in [0.05, 0.1) is 9.40 Å². The van der Waals surface area contributed by atoms with Crippen molar-refractivity contribution < 1.29 is 4.92 Å². The fourth-order valence-corrected chi connectivity index (χ4v) is 2.47. The average molecular weight is 300 g/mol. The van der Waals surface area contributed by atoms with Crippen LogP contribution in [0.25, 0.3) is 0 Å². The molecule has 1 fully saturated rings. The zero-order valence-electron chi connectivity index (χ0n) is 9.28. The van der Waals surface area contributed by atoms with E-state index in [0.717, 1.165) is 31.6 Å². The van der Waals surface area contributed by atoms with E-state index in [9.17, 15) is 10.1 Å². The number of piperidine rings is 1. The Labute approximate surface area is 108 Å². The molecule has 6 heteroatoms. The fraction of sp³-hybridized carbons (Fsp3) is 0.455. The number of halogens is 1. The van der Waals surface area contributed by atoms with Crippen LogP contribution in [0.15, 0.2) is 22.7 Å². The summed E-state index contributed by atoms with van der Waals surface area (Å²) in [5, 5.41) is 17.4. The number of nitrogens with zero attached hydrogens (tertiary/aromatic N) is 1. The number of nitrogens with one attached hydrogen (secondary N) is 2. The molecule has 0 bridgehead atoms. The quantitative estimate of drug-likeness (QED) is 0.665. The van der Waals surface area contributed by atoms with Crippen LogP contribution in [-0.4, -0.2) is 24.1 Å². The van der Waals surface area contributed by atoms with Gasteiger partial charge in [-0.25, -0.2) is 0 Å². The first-order valence-electron chi connectivity index (χ1n) is 5.58. The molecule has 0 amide bonds. The van der Waals surface area contributed by atoms with Crippen molar-refractivity contribution in [2.45, 2.75) is 18.9 Å². The molecule has 1 heterocycles. The minimum atomic E-state index is -0.390. The van der Waals surface area contributed by atoms with Crippen LogP contribution in [0.5, 0.6) is 0 Å². The predicted octanol–water partition coefficient (Wildman–Crippen LogP) is 2.52. The molecule has 0 aromatic heterocycles. The van der Waals surface area contributed by atoms with Gasteiger partial charge in [-0.2, -0.15) is 0 Å². The first-order valence-corrected chi connectivity index (χ1v) is 6.37. The Morgan fingerprint density at radius 1 is 1.41 bits per heavy atom. The fourth-order valence-electron chi connectivity index (χ4n) is 1.95. The summed E-state index contributed by atoms with van der Waals surface area (Å²) < 4.78 is 0.515. The minimum absolute atomic E-state index is 0.0980. The van der Waals surface area contributed by atoms with Crippen molar-refractivity contribution in [1.82, 2.24) is 5.32 Å². The highest BCUT2D eigenvalue weighted by molar-refractivity contribution is 9.10. The van der Waals surface area contributed by atoms with Gasteiger partial charge in [0.25, 0.3) is 5.69 Å². The van der Waals surface area contributed by atoms with Crippen LogP contribution in [0.4, 0.5) is 11.4 Å². The van der Waals surface area contributed by atoms with Crippen LogP contribution in [0.2, 0.25) is 0 Å². The Bertz CT molecular complexity index is 419. The summed E-state index contributed by atoms with van der Waals surface area (Å²) >= 11 is 3.22. The lowest BCUT2D eigenvalue weighted by atomic mass is 10.1. The summed E-state index contributed by atoms with van der Waals surface area (Å²) in [6.07, 6.45) is 2.16. The van der Waals surface area contributed by atoms with Gasteiger partial charge in [0.15, 0.2) is 0 Å². The van der Waals surface area contributed by atoms with E-state index in [1.165, 1.54) is 6.07 Å². The Kier molecular flexibility index (Phi) is 3.96. The topological polar surface area (TPSA) is 67.2 Å². The van der Waals surface area contributed by atoms with Crippen molar-refractivity contribution in [2.24, 2.45) is 0 Å².